The molecule has 2 amide bonds. The van der Waals surface area contributed by atoms with E-state index in [0.29, 0.717) is 40.6 Å². The molecule has 1 aliphatic carbocycles. The third kappa shape index (κ3) is 4.21. The van der Waals surface area contributed by atoms with Crippen molar-refractivity contribution in [3.8, 4) is 0 Å². The average molecular weight is 439 g/mol. The number of thiazole rings is 1. The first-order valence-corrected chi connectivity index (χ1v) is 10.3. The zero-order chi connectivity index (χ0) is 22.0. The van der Waals surface area contributed by atoms with Crippen molar-refractivity contribution in [3.05, 3.63) is 74.2 Å². The number of fused-ring (bicyclic) bond motifs is 1. The number of hydrogen-bond acceptors (Lipinski definition) is 8. The number of furan rings is 1. The summed E-state index contributed by atoms with van der Waals surface area (Å²) in [7, 11) is 0. The number of carbonyl (C=O) groups is 2. The summed E-state index contributed by atoms with van der Waals surface area (Å²) < 4.78 is 5.81. The largest absolute Gasteiger partial charge is 0.455 e. The number of amides is 2. The SMILES string of the molecule is Cc1c(C(=O)Nc2nccs2)oc2c1/C(=N/NC(=O)c1cccc([N+](=O)[O-])c1)CCC2. The summed E-state index contributed by atoms with van der Waals surface area (Å²) in [6, 6.07) is 5.40. The van der Waals surface area contributed by atoms with Gasteiger partial charge in [-0.15, -0.1) is 11.3 Å². The van der Waals surface area contributed by atoms with Crippen molar-refractivity contribution < 1.29 is 18.9 Å². The van der Waals surface area contributed by atoms with Gasteiger partial charge in [0.1, 0.15) is 5.76 Å². The highest BCUT2D eigenvalue weighted by atomic mass is 32.1. The lowest BCUT2D eigenvalue weighted by molar-refractivity contribution is -0.384. The maximum Gasteiger partial charge on any atom is 0.293 e. The molecule has 3 aromatic rings. The Labute approximate surface area is 180 Å². The van der Waals surface area contributed by atoms with Crippen LogP contribution in [0.25, 0.3) is 0 Å². The highest BCUT2D eigenvalue weighted by molar-refractivity contribution is 7.13. The molecule has 158 valence electrons. The van der Waals surface area contributed by atoms with Crippen LogP contribution in [-0.2, 0) is 6.42 Å². The first-order chi connectivity index (χ1) is 14.9. The topological polar surface area (TPSA) is 140 Å². The fourth-order valence-electron chi connectivity index (χ4n) is 3.38. The van der Waals surface area contributed by atoms with Crippen LogP contribution in [0.5, 0.6) is 0 Å². The summed E-state index contributed by atoms with van der Waals surface area (Å²) in [6.07, 6.45) is 3.59. The van der Waals surface area contributed by atoms with Crippen molar-refractivity contribution in [2.45, 2.75) is 26.2 Å². The molecular weight excluding hydrogens is 422 g/mol. The first kappa shape index (κ1) is 20.4. The summed E-state index contributed by atoms with van der Waals surface area (Å²) in [5.41, 5.74) is 4.33. The van der Waals surface area contributed by atoms with Crippen molar-refractivity contribution >= 4 is 39.7 Å². The lowest BCUT2D eigenvalue weighted by Crippen LogP contribution is -2.22. The van der Waals surface area contributed by atoms with Crippen LogP contribution in [0.1, 0.15) is 50.6 Å². The predicted molar refractivity (Wildman–Crippen MR) is 114 cm³/mol. The summed E-state index contributed by atoms with van der Waals surface area (Å²) in [5, 5.41) is 20.1. The van der Waals surface area contributed by atoms with Crippen molar-refractivity contribution in [1.82, 2.24) is 10.4 Å². The number of nitro benzene ring substituents is 1. The molecular formula is C20H17N5O5S. The number of aromatic nitrogens is 1. The molecule has 0 unspecified atom stereocenters. The minimum Gasteiger partial charge on any atom is -0.455 e. The monoisotopic (exact) mass is 439 g/mol. The Kier molecular flexibility index (Phi) is 5.58. The Morgan fingerprint density at radius 1 is 1.29 bits per heavy atom. The smallest absolute Gasteiger partial charge is 0.293 e. The maximum absolute atomic E-state index is 12.6. The van der Waals surface area contributed by atoms with E-state index in [0.717, 1.165) is 6.42 Å². The van der Waals surface area contributed by atoms with E-state index in [1.54, 1.807) is 18.5 Å². The lowest BCUT2D eigenvalue weighted by atomic mass is 9.93. The fraction of sp³-hybridized carbons (Fsp3) is 0.200. The fourth-order valence-corrected chi connectivity index (χ4v) is 3.90. The lowest BCUT2D eigenvalue weighted by Gasteiger charge is -2.13. The van der Waals surface area contributed by atoms with Gasteiger partial charge in [-0.3, -0.25) is 25.0 Å². The van der Waals surface area contributed by atoms with E-state index in [9.17, 15) is 19.7 Å². The molecule has 0 atom stereocenters. The number of benzene rings is 1. The number of aryl methyl sites for hydroxylation is 1. The molecule has 0 saturated heterocycles. The second-order valence-electron chi connectivity index (χ2n) is 6.81. The Bertz CT molecular complexity index is 1200. The first-order valence-electron chi connectivity index (χ1n) is 9.39. The number of carbonyl (C=O) groups excluding carboxylic acids is 2. The molecule has 0 spiro atoms. The second kappa shape index (κ2) is 8.48. The van der Waals surface area contributed by atoms with Gasteiger partial charge in [-0.1, -0.05) is 6.07 Å². The van der Waals surface area contributed by atoms with E-state index in [2.05, 4.69) is 20.8 Å². The molecule has 4 rings (SSSR count). The van der Waals surface area contributed by atoms with Crippen molar-refractivity contribution in [2.75, 3.05) is 5.32 Å². The Hall–Kier alpha value is -3.86. The molecule has 0 bridgehead atoms. The molecule has 2 N–H and O–H groups in total. The van der Waals surface area contributed by atoms with E-state index < -0.39 is 16.7 Å². The Morgan fingerprint density at radius 3 is 2.87 bits per heavy atom. The Balaban J connectivity index is 1.56. The van der Waals surface area contributed by atoms with Crippen LogP contribution in [-0.4, -0.2) is 27.4 Å². The summed E-state index contributed by atoms with van der Waals surface area (Å²) in [4.78, 5) is 39.4. The molecule has 10 nitrogen and oxygen atoms in total. The number of nitrogens with one attached hydrogen (secondary N) is 2. The molecule has 0 radical (unpaired) electrons. The molecule has 1 aromatic carbocycles. The standard InChI is InChI=1S/C20H17N5O5S/c1-11-16-14(23-24-18(26)12-4-2-5-13(10-12)25(28)29)6-3-7-15(16)30-17(11)19(27)22-20-21-8-9-31-20/h2,4-5,8-10H,3,6-7H2,1H3,(H,24,26)(H,21,22,27)/b23-14+. The summed E-state index contributed by atoms with van der Waals surface area (Å²) in [6.45, 7) is 1.77. The van der Waals surface area contributed by atoms with Gasteiger partial charge >= 0.3 is 0 Å². The third-order valence-electron chi connectivity index (χ3n) is 4.80. The number of nitro groups is 1. The van der Waals surface area contributed by atoms with E-state index >= 15 is 0 Å². The van der Waals surface area contributed by atoms with E-state index in [4.69, 9.17) is 4.42 Å². The normalized spacial score (nSPS) is 14.2. The quantitative estimate of drug-likeness (QED) is 0.459. The number of nitrogens with zero attached hydrogens (tertiary/aromatic N) is 3. The number of rotatable bonds is 5. The van der Waals surface area contributed by atoms with Crippen LogP contribution in [0.4, 0.5) is 10.8 Å². The second-order valence-corrected chi connectivity index (χ2v) is 7.70. The van der Waals surface area contributed by atoms with Crippen molar-refractivity contribution in [1.29, 1.82) is 0 Å². The van der Waals surface area contributed by atoms with Crippen molar-refractivity contribution in [3.63, 3.8) is 0 Å². The van der Waals surface area contributed by atoms with Gasteiger partial charge in [-0.05, 0) is 25.8 Å². The van der Waals surface area contributed by atoms with E-state index in [1.807, 2.05) is 0 Å². The third-order valence-corrected chi connectivity index (χ3v) is 5.48. The number of hydrogen-bond donors (Lipinski definition) is 2. The zero-order valence-corrected chi connectivity index (χ0v) is 17.2. The molecule has 0 fully saturated rings. The maximum atomic E-state index is 12.6. The van der Waals surface area contributed by atoms with Crippen molar-refractivity contribution in [2.24, 2.45) is 5.10 Å². The highest BCUT2D eigenvalue weighted by Gasteiger charge is 2.28. The van der Waals surface area contributed by atoms with Crippen LogP contribution >= 0.6 is 11.3 Å². The summed E-state index contributed by atoms with van der Waals surface area (Å²) in [5.74, 6) is -0.149. The molecule has 2 aromatic heterocycles. The average Bonchev–Trinajstić information content (AvgIpc) is 3.40. The van der Waals surface area contributed by atoms with E-state index in [1.165, 1.54) is 35.6 Å². The van der Waals surface area contributed by atoms with Gasteiger partial charge < -0.3 is 4.42 Å². The van der Waals surface area contributed by atoms with Crippen LogP contribution in [0.2, 0.25) is 0 Å². The molecule has 0 aliphatic heterocycles. The molecule has 0 saturated carbocycles. The minimum atomic E-state index is -0.566. The van der Waals surface area contributed by atoms with E-state index in [-0.39, 0.29) is 17.0 Å². The molecule has 31 heavy (non-hydrogen) atoms. The molecule has 11 heteroatoms. The van der Waals surface area contributed by atoms with Gasteiger partial charge in [0.15, 0.2) is 10.9 Å². The molecule has 1 aliphatic rings. The number of anilines is 1. The van der Waals surface area contributed by atoms with Gasteiger partial charge in [0, 0.05) is 46.8 Å². The van der Waals surface area contributed by atoms with Gasteiger partial charge in [0.25, 0.3) is 17.5 Å². The Morgan fingerprint density at radius 2 is 2.13 bits per heavy atom. The minimum absolute atomic E-state index is 0.127. The van der Waals surface area contributed by atoms with Gasteiger partial charge in [0.2, 0.25) is 0 Å². The number of hydrazone groups is 1. The highest BCUT2D eigenvalue weighted by Crippen LogP contribution is 2.30. The predicted octanol–water partition coefficient (Wildman–Crippen LogP) is 3.68. The van der Waals surface area contributed by atoms with Crippen LogP contribution in [0.15, 0.2) is 45.4 Å². The van der Waals surface area contributed by atoms with Crippen LogP contribution in [0.3, 0.4) is 0 Å². The number of non-ortho nitro benzene ring substituents is 1. The van der Waals surface area contributed by atoms with Gasteiger partial charge in [-0.25, -0.2) is 10.4 Å². The molecule has 2 heterocycles. The summed E-state index contributed by atoms with van der Waals surface area (Å²) >= 11 is 1.30. The zero-order valence-electron chi connectivity index (χ0n) is 16.4. The van der Waals surface area contributed by atoms with Crippen LogP contribution < -0.4 is 10.7 Å². The van der Waals surface area contributed by atoms with Gasteiger partial charge in [0.05, 0.1) is 10.6 Å². The van der Waals surface area contributed by atoms with Gasteiger partial charge in [-0.2, -0.15) is 5.10 Å². The van der Waals surface area contributed by atoms with Crippen LogP contribution in [0, 0.1) is 17.0 Å².